The number of hydrogen-bond acceptors (Lipinski definition) is 2. The van der Waals surface area contributed by atoms with Crippen molar-refractivity contribution in [2.45, 2.75) is 11.3 Å². The van der Waals surface area contributed by atoms with Gasteiger partial charge in [-0.1, -0.05) is 0 Å². The fraction of sp³-hybridized carbons (Fsp3) is 0.125. The zero-order chi connectivity index (χ0) is 8.55. The number of amides is 1. The summed E-state index contributed by atoms with van der Waals surface area (Å²) >= 11 is 1.24. The largest absolute Gasteiger partial charge is 0.296 e. The summed E-state index contributed by atoms with van der Waals surface area (Å²) in [6.07, 6.45) is 0.278. The second-order valence-corrected chi connectivity index (χ2v) is 3.40. The molecule has 0 saturated carbocycles. The van der Waals surface area contributed by atoms with Gasteiger partial charge < -0.3 is 0 Å². The molecule has 1 heterocycles. The summed E-state index contributed by atoms with van der Waals surface area (Å²) in [4.78, 5) is 11.8. The number of rotatable bonds is 0. The van der Waals surface area contributed by atoms with Gasteiger partial charge in [-0.2, -0.15) is 0 Å². The average molecular weight is 183 g/mol. The van der Waals surface area contributed by atoms with E-state index in [0.717, 1.165) is 10.5 Å². The van der Waals surface area contributed by atoms with Crippen LogP contribution in [0, 0.1) is 5.82 Å². The van der Waals surface area contributed by atoms with Crippen molar-refractivity contribution < 1.29 is 9.18 Å². The maximum absolute atomic E-state index is 12.7. The predicted molar refractivity (Wildman–Crippen MR) is 44.1 cm³/mol. The molecule has 1 aromatic carbocycles. The van der Waals surface area contributed by atoms with E-state index in [1.165, 1.54) is 24.1 Å². The Morgan fingerprint density at radius 1 is 1.50 bits per heavy atom. The molecule has 0 aliphatic carbocycles. The number of benzene rings is 1. The van der Waals surface area contributed by atoms with E-state index in [1.807, 2.05) is 0 Å². The molecule has 0 aromatic heterocycles. The Morgan fingerprint density at radius 2 is 2.33 bits per heavy atom. The smallest absolute Gasteiger partial charge is 0.234 e. The third kappa shape index (κ3) is 1.30. The average Bonchev–Trinajstić information content (AvgIpc) is 2.03. The first-order valence-corrected chi connectivity index (χ1v) is 4.31. The van der Waals surface area contributed by atoms with Crippen LogP contribution in [0.4, 0.5) is 4.39 Å². The third-order valence-corrected chi connectivity index (χ3v) is 2.60. The van der Waals surface area contributed by atoms with Gasteiger partial charge in [-0.25, -0.2) is 4.39 Å². The molecule has 1 N–H and O–H groups in total. The molecule has 1 aliphatic heterocycles. The van der Waals surface area contributed by atoms with Crippen molar-refractivity contribution in [3.8, 4) is 0 Å². The molecule has 12 heavy (non-hydrogen) atoms. The van der Waals surface area contributed by atoms with Crippen LogP contribution in [0.25, 0.3) is 0 Å². The normalized spacial score (nSPS) is 15.2. The Kier molecular flexibility index (Phi) is 1.77. The molecule has 0 bridgehead atoms. The van der Waals surface area contributed by atoms with Crippen molar-refractivity contribution in [2.24, 2.45) is 0 Å². The number of hydrogen-bond donors (Lipinski definition) is 1. The van der Waals surface area contributed by atoms with Gasteiger partial charge in [0.2, 0.25) is 5.91 Å². The highest BCUT2D eigenvalue weighted by Gasteiger charge is 2.15. The van der Waals surface area contributed by atoms with Crippen molar-refractivity contribution in [3.05, 3.63) is 29.6 Å². The molecule has 1 aromatic rings. The fourth-order valence-corrected chi connectivity index (χ4v) is 1.80. The Labute approximate surface area is 73.3 Å². The second-order valence-electron chi connectivity index (χ2n) is 2.56. The summed E-state index contributed by atoms with van der Waals surface area (Å²) in [6, 6.07) is 4.47. The van der Waals surface area contributed by atoms with Gasteiger partial charge >= 0.3 is 0 Å². The summed E-state index contributed by atoms with van der Waals surface area (Å²) < 4.78 is 15.3. The number of nitrogens with one attached hydrogen (secondary N) is 1. The summed E-state index contributed by atoms with van der Waals surface area (Å²) in [5.41, 5.74) is 0.767. The molecule has 0 fully saturated rings. The van der Waals surface area contributed by atoms with Crippen LogP contribution in [0.1, 0.15) is 5.56 Å². The highest BCUT2D eigenvalue weighted by Crippen LogP contribution is 2.25. The van der Waals surface area contributed by atoms with Gasteiger partial charge in [0, 0.05) is 4.90 Å². The molecule has 62 valence electrons. The number of carbonyl (C=O) groups excluding carboxylic acids is 1. The molecule has 0 unspecified atom stereocenters. The molecule has 1 amide bonds. The topological polar surface area (TPSA) is 29.1 Å². The van der Waals surface area contributed by atoms with Crippen molar-refractivity contribution in [2.75, 3.05) is 0 Å². The molecule has 0 spiro atoms. The molecule has 0 atom stereocenters. The standard InChI is InChI=1S/C8H6FNOS/c9-6-1-2-7-5(3-6)4-8(11)10-12-7/h1-3H,4H2,(H,10,11). The fourth-order valence-electron chi connectivity index (χ4n) is 1.11. The van der Waals surface area contributed by atoms with Crippen LogP contribution in [0.15, 0.2) is 23.1 Å². The van der Waals surface area contributed by atoms with E-state index in [4.69, 9.17) is 0 Å². The van der Waals surface area contributed by atoms with Gasteiger partial charge in [0.25, 0.3) is 0 Å². The molecular formula is C8H6FNOS. The van der Waals surface area contributed by atoms with E-state index in [9.17, 15) is 9.18 Å². The lowest BCUT2D eigenvalue weighted by Crippen LogP contribution is -2.22. The van der Waals surface area contributed by atoms with E-state index < -0.39 is 0 Å². The minimum Gasteiger partial charge on any atom is -0.296 e. The maximum atomic E-state index is 12.7. The van der Waals surface area contributed by atoms with Gasteiger partial charge in [-0.05, 0) is 35.7 Å². The van der Waals surface area contributed by atoms with Gasteiger partial charge in [-0.3, -0.25) is 9.52 Å². The first kappa shape index (κ1) is 7.61. The van der Waals surface area contributed by atoms with Crippen LogP contribution < -0.4 is 4.72 Å². The van der Waals surface area contributed by atoms with E-state index >= 15 is 0 Å². The predicted octanol–water partition coefficient (Wildman–Crippen LogP) is 1.51. The first-order valence-electron chi connectivity index (χ1n) is 3.50. The van der Waals surface area contributed by atoms with Gasteiger partial charge in [-0.15, -0.1) is 0 Å². The molecule has 4 heteroatoms. The Morgan fingerprint density at radius 3 is 3.17 bits per heavy atom. The molecule has 0 saturated heterocycles. The number of halogens is 1. The summed E-state index contributed by atoms with van der Waals surface area (Å²) in [5.74, 6) is -0.359. The molecule has 0 radical (unpaired) electrons. The van der Waals surface area contributed by atoms with E-state index in [1.54, 1.807) is 6.07 Å². The zero-order valence-corrected chi connectivity index (χ0v) is 6.95. The van der Waals surface area contributed by atoms with Crippen LogP contribution in [-0.4, -0.2) is 5.91 Å². The summed E-state index contributed by atoms with van der Waals surface area (Å²) in [6.45, 7) is 0. The van der Waals surface area contributed by atoms with Gasteiger partial charge in [0.1, 0.15) is 5.82 Å². The Bertz CT molecular complexity index is 340. The van der Waals surface area contributed by atoms with E-state index in [0.29, 0.717) is 0 Å². The van der Waals surface area contributed by atoms with Crippen molar-refractivity contribution >= 4 is 17.9 Å². The molecule has 2 nitrogen and oxygen atoms in total. The molecular weight excluding hydrogens is 177 g/mol. The van der Waals surface area contributed by atoms with Gasteiger partial charge in [0.05, 0.1) is 6.42 Å². The van der Waals surface area contributed by atoms with Gasteiger partial charge in [0.15, 0.2) is 0 Å². The van der Waals surface area contributed by atoms with Crippen molar-refractivity contribution in [3.63, 3.8) is 0 Å². The highest BCUT2D eigenvalue weighted by molar-refractivity contribution is 7.98. The first-order chi connectivity index (χ1) is 5.75. The van der Waals surface area contributed by atoms with Crippen LogP contribution in [-0.2, 0) is 11.2 Å². The lowest BCUT2D eigenvalue weighted by Gasteiger charge is -2.14. The second kappa shape index (κ2) is 2.79. The lowest BCUT2D eigenvalue weighted by atomic mass is 10.1. The summed E-state index contributed by atoms with van der Waals surface area (Å²) in [7, 11) is 0. The van der Waals surface area contributed by atoms with Crippen molar-refractivity contribution in [1.82, 2.24) is 4.72 Å². The lowest BCUT2D eigenvalue weighted by molar-refractivity contribution is -0.118. The van der Waals surface area contributed by atoms with E-state index in [2.05, 4.69) is 4.72 Å². The SMILES string of the molecule is O=C1Cc2cc(F)ccc2SN1. The third-order valence-electron chi connectivity index (χ3n) is 1.65. The quantitative estimate of drug-likeness (QED) is 0.618. The Balaban J connectivity index is 2.44. The molecule has 1 aliphatic rings. The number of fused-ring (bicyclic) bond motifs is 1. The Hall–Kier alpha value is -1.03. The van der Waals surface area contributed by atoms with E-state index in [-0.39, 0.29) is 18.1 Å². The van der Waals surface area contributed by atoms with Crippen molar-refractivity contribution in [1.29, 1.82) is 0 Å². The van der Waals surface area contributed by atoms with Crippen LogP contribution in [0.2, 0.25) is 0 Å². The monoisotopic (exact) mass is 183 g/mol. The maximum Gasteiger partial charge on any atom is 0.234 e. The zero-order valence-electron chi connectivity index (χ0n) is 6.13. The minimum atomic E-state index is -0.288. The highest BCUT2D eigenvalue weighted by atomic mass is 32.2. The number of carbonyl (C=O) groups is 1. The van der Waals surface area contributed by atoms with Crippen LogP contribution in [0.5, 0.6) is 0 Å². The molecule has 2 rings (SSSR count). The van der Waals surface area contributed by atoms with Crippen LogP contribution in [0.3, 0.4) is 0 Å². The minimum absolute atomic E-state index is 0.0712. The van der Waals surface area contributed by atoms with Crippen LogP contribution >= 0.6 is 11.9 Å². The summed E-state index contributed by atoms with van der Waals surface area (Å²) in [5, 5.41) is 0.